The number of rotatable bonds is 6. The highest BCUT2D eigenvalue weighted by molar-refractivity contribution is 4.80. The van der Waals surface area contributed by atoms with Gasteiger partial charge < -0.3 is 5.11 Å². The average molecular weight is 214 g/mol. The second-order valence-electron chi connectivity index (χ2n) is 6.43. The van der Waals surface area contributed by atoms with E-state index in [0.717, 1.165) is 19.3 Å². The molecule has 0 radical (unpaired) electrons. The number of aliphatic hydroxyl groups is 1. The molecule has 0 fully saturated rings. The van der Waals surface area contributed by atoms with Crippen LogP contribution in [0.5, 0.6) is 0 Å². The lowest BCUT2D eigenvalue weighted by atomic mass is 9.75. The Bertz CT molecular complexity index is 165. The molecule has 15 heavy (non-hydrogen) atoms. The first-order valence-corrected chi connectivity index (χ1v) is 6.41. The van der Waals surface area contributed by atoms with Crippen LogP contribution in [0, 0.1) is 11.3 Å². The van der Waals surface area contributed by atoms with E-state index in [9.17, 15) is 5.11 Å². The van der Waals surface area contributed by atoms with E-state index in [1.165, 1.54) is 12.8 Å². The summed E-state index contributed by atoms with van der Waals surface area (Å²) in [6.07, 6.45) is 5.48. The Hall–Kier alpha value is -0.0400. The Morgan fingerprint density at radius 3 is 2.00 bits per heavy atom. The molecule has 2 atom stereocenters. The predicted molar refractivity (Wildman–Crippen MR) is 68.0 cm³/mol. The first-order valence-electron chi connectivity index (χ1n) is 6.41. The number of unbranched alkanes of at least 4 members (excludes halogenated alkanes) is 2. The molecule has 1 heteroatoms. The maximum Gasteiger partial charge on any atom is 0.0622 e. The van der Waals surface area contributed by atoms with E-state index in [-0.39, 0.29) is 0 Å². The minimum Gasteiger partial charge on any atom is -0.390 e. The zero-order valence-electron chi connectivity index (χ0n) is 11.6. The fourth-order valence-electron chi connectivity index (χ4n) is 1.82. The molecule has 0 rings (SSSR count). The van der Waals surface area contributed by atoms with Crippen LogP contribution in [0.1, 0.15) is 73.6 Å². The van der Waals surface area contributed by atoms with Gasteiger partial charge in [-0.15, -0.1) is 0 Å². The summed E-state index contributed by atoms with van der Waals surface area (Å²) in [7, 11) is 0. The lowest BCUT2D eigenvalue weighted by Gasteiger charge is -2.34. The van der Waals surface area contributed by atoms with Crippen LogP contribution in [0.2, 0.25) is 0 Å². The van der Waals surface area contributed by atoms with Gasteiger partial charge in [0, 0.05) is 0 Å². The van der Waals surface area contributed by atoms with E-state index < -0.39 is 5.60 Å². The van der Waals surface area contributed by atoms with Crippen molar-refractivity contribution in [3.63, 3.8) is 0 Å². The Labute approximate surface area is 96.3 Å². The van der Waals surface area contributed by atoms with Gasteiger partial charge in [-0.1, -0.05) is 53.9 Å². The Morgan fingerprint density at radius 1 is 1.07 bits per heavy atom. The van der Waals surface area contributed by atoms with Crippen LogP contribution in [-0.4, -0.2) is 10.7 Å². The standard InChI is InChI=1S/C14H30O/c1-7-8-9-10-14(6,15)11-12(2)13(3,4)5/h12,15H,7-11H2,1-6H3. The monoisotopic (exact) mass is 214 g/mol. The Balaban J connectivity index is 4.02. The van der Waals surface area contributed by atoms with Gasteiger partial charge in [-0.25, -0.2) is 0 Å². The van der Waals surface area contributed by atoms with E-state index in [1.807, 2.05) is 6.92 Å². The molecule has 0 saturated carbocycles. The van der Waals surface area contributed by atoms with Crippen molar-refractivity contribution in [2.24, 2.45) is 11.3 Å². The van der Waals surface area contributed by atoms with E-state index in [2.05, 4.69) is 34.6 Å². The topological polar surface area (TPSA) is 20.2 Å². The maximum absolute atomic E-state index is 10.3. The van der Waals surface area contributed by atoms with Crippen LogP contribution in [0.3, 0.4) is 0 Å². The van der Waals surface area contributed by atoms with Gasteiger partial charge in [-0.05, 0) is 31.1 Å². The zero-order valence-corrected chi connectivity index (χ0v) is 11.6. The van der Waals surface area contributed by atoms with Gasteiger partial charge in [0.15, 0.2) is 0 Å². The highest BCUT2D eigenvalue weighted by Crippen LogP contribution is 2.33. The molecule has 0 bridgehead atoms. The molecule has 0 aliphatic heterocycles. The molecule has 0 amide bonds. The molecule has 0 heterocycles. The second-order valence-corrected chi connectivity index (χ2v) is 6.43. The van der Waals surface area contributed by atoms with Crippen LogP contribution >= 0.6 is 0 Å². The molecule has 92 valence electrons. The smallest absolute Gasteiger partial charge is 0.0622 e. The first kappa shape index (κ1) is 15.0. The molecular weight excluding hydrogens is 184 g/mol. The van der Waals surface area contributed by atoms with Gasteiger partial charge in [0.05, 0.1) is 5.60 Å². The summed E-state index contributed by atoms with van der Waals surface area (Å²) in [5.74, 6) is 0.564. The molecule has 2 unspecified atom stereocenters. The summed E-state index contributed by atoms with van der Waals surface area (Å²) in [5, 5.41) is 10.3. The molecule has 0 aliphatic rings. The van der Waals surface area contributed by atoms with Crippen molar-refractivity contribution < 1.29 is 5.11 Å². The van der Waals surface area contributed by atoms with Crippen LogP contribution in [0.4, 0.5) is 0 Å². The van der Waals surface area contributed by atoms with Crippen molar-refractivity contribution in [1.82, 2.24) is 0 Å². The Kier molecular flexibility index (Phi) is 5.87. The fraction of sp³-hybridized carbons (Fsp3) is 1.00. The largest absolute Gasteiger partial charge is 0.390 e. The highest BCUT2D eigenvalue weighted by atomic mass is 16.3. The quantitative estimate of drug-likeness (QED) is 0.650. The van der Waals surface area contributed by atoms with Gasteiger partial charge in [0.1, 0.15) is 0 Å². The van der Waals surface area contributed by atoms with Gasteiger partial charge in [-0.2, -0.15) is 0 Å². The normalized spacial score (nSPS) is 18.6. The van der Waals surface area contributed by atoms with Crippen LogP contribution < -0.4 is 0 Å². The van der Waals surface area contributed by atoms with Gasteiger partial charge in [0.25, 0.3) is 0 Å². The van der Waals surface area contributed by atoms with Crippen LogP contribution in [0.15, 0.2) is 0 Å². The summed E-state index contributed by atoms with van der Waals surface area (Å²) < 4.78 is 0. The van der Waals surface area contributed by atoms with Crippen molar-refractivity contribution >= 4 is 0 Å². The number of hydrogen-bond acceptors (Lipinski definition) is 1. The van der Waals surface area contributed by atoms with Crippen LogP contribution in [0.25, 0.3) is 0 Å². The summed E-state index contributed by atoms with van der Waals surface area (Å²) in [4.78, 5) is 0. The third kappa shape index (κ3) is 6.94. The molecule has 0 aromatic carbocycles. The van der Waals surface area contributed by atoms with Crippen molar-refractivity contribution in [2.45, 2.75) is 79.2 Å². The lowest BCUT2D eigenvalue weighted by Crippen LogP contribution is -2.31. The average Bonchev–Trinajstić information content (AvgIpc) is 2.01. The first-order chi connectivity index (χ1) is 6.69. The van der Waals surface area contributed by atoms with E-state index >= 15 is 0 Å². The molecule has 0 saturated heterocycles. The number of hydrogen-bond donors (Lipinski definition) is 1. The van der Waals surface area contributed by atoms with Gasteiger partial charge >= 0.3 is 0 Å². The maximum atomic E-state index is 10.3. The highest BCUT2D eigenvalue weighted by Gasteiger charge is 2.28. The molecule has 1 nitrogen and oxygen atoms in total. The molecule has 1 N–H and O–H groups in total. The molecular formula is C14H30O. The third-order valence-corrected chi connectivity index (χ3v) is 3.54. The minimum absolute atomic E-state index is 0.300. The Morgan fingerprint density at radius 2 is 1.60 bits per heavy atom. The zero-order chi connectivity index (χ0) is 12.1. The van der Waals surface area contributed by atoms with Crippen molar-refractivity contribution in [3.05, 3.63) is 0 Å². The third-order valence-electron chi connectivity index (χ3n) is 3.54. The predicted octanol–water partition coefficient (Wildman–Crippen LogP) is 4.39. The van der Waals surface area contributed by atoms with Gasteiger partial charge in [0.2, 0.25) is 0 Å². The van der Waals surface area contributed by atoms with E-state index in [0.29, 0.717) is 11.3 Å². The minimum atomic E-state index is -0.470. The summed E-state index contributed by atoms with van der Waals surface area (Å²) in [6, 6.07) is 0. The molecule has 0 spiro atoms. The fourth-order valence-corrected chi connectivity index (χ4v) is 1.82. The van der Waals surface area contributed by atoms with Crippen LogP contribution in [-0.2, 0) is 0 Å². The lowest BCUT2D eigenvalue weighted by molar-refractivity contribution is 0.00794. The summed E-state index contributed by atoms with van der Waals surface area (Å²) in [6.45, 7) is 13.2. The molecule has 0 aliphatic carbocycles. The van der Waals surface area contributed by atoms with E-state index in [1.54, 1.807) is 0 Å². The van der Waals surface area contributed by atoms with Crippen molar-refractivity contribution in [3.8, 4) is 0 Å². The van der Waals surface area contributed by atoms with E-state index in [4.69, 9.17) is 0 Å². The van der Waals surface area contributed by atoms with Crippen molar-refractivity contribution in [1.29, 1.82) is 0 Å². The SMILES string of the molecule is CCCCCC(C)(O)CC(C)C(C)(C)C. The summed E-state index contributed by atoms with van der Waals surface area (Å²) >= 11 is 0. The van der Waals surface area contributed by atoms with Gasteiger partial charge in [-0.3, -0.25) is 0 Å². The molecule has 0 aromatic rings. The second kappa shape index (κ2) is 5.89. The molecule has 0 aromatic heterocycles. The van der Waals surface area contributed by atoms with Crippen molar-refractivity contribution in [2.75, 3.05) is 0 Å². The summed E-state index contributed by atoms with van der Waals surface area (Å²) in [5.41, 5.74) is -0.170.